The van der Waals surface area contributed by atoms with Gasteiger partial charge < -0.3 is 10.6 Å². The molecule has 1 atom stereocenters. The Bertz CT molecular complexity index is 848. The molecule has 0 bridgehead atoms. The summed E-state index contributed by atoms with van der Waals surface area (Å²) in [5.74, 6) is 1.03. The Kier molecular flexibility index (Phi) is 7.87. The van der Waals surface area contributed by atoms with Gasteiger partial charge in [-0.3, -0.25) is 9.59 Å². The van der Waals surface area contributed by atoms with Crippen molar-refractivity contribution in [1.82, 2.24) is 15.6 Å². The molecule has 5 nitrogen and oxygen atoms in total. The molecule has 0 unspecified atom stereocenters. The van der Waals surface area contributed by atoms with Crippen molar-refractivity contribution >= 4 is 23.2 Å². The Morgan fingerprint density at radius 3 is 2.39 bits per heavy atom. The molecule has 31 heavy (non-hydrogen) atoms. The monoisotopic (exact) mass is 441 g/mol. The molecule has 1 saturated carbocycles. The second-order valence-corrected chi connectivity index (χ2v) is 10.7. The maximum atomic E-state index is 12.6. The van der Waals surface area contributed by atoms with Crippen molar-refractivity contribution in [3.05, 3.63) is 52.0 Å². The standard InChI is InChI=1S/C25H35N3O2S/c1-17-5-7-18(8-6-17)15-21(29)27-16-19-9-11-20(12-10-19)22(23-26-13-14-31-23)28-24(30)25(2,3)4/h5-8,13-14,19-20,22H,9-12,15-16H2,1-4H3,(H,27,29)(H,28,30)/t19?,20?,22-/m1/s1. The van der Waals surface area contributed by atoms with Crippen molar-refractivity contribution in [1.29, 1.82) is 0 Å². The molecular formula is C25H35N3O2S. The first-order valence-corrected chi connectivity index (χ1v) is 12.1. The number of carbonyl (C=O) groups excluding carboxylic acids is 2. The van der Waals surface area contributed by atoms with Crippen LogP contribution in [0.25, 0.3) is 0 Å². The Morgan fingerprint density at radius 1 is 1.13 bits per heavy atom. The first kappa shape index (κ1) is 23.5. The topological polar surface area (TPSA) is 71.1 Å². The van der Waals surface area contributed by atoms with E-state index in [-0.39, 0.29) is 17.9 Å². The molecule has 1 aromatic heterocycles. The highest BCUT2D eigenvalue weighted by atomic mass is 32.1. The summed E-state index contributed by atoms with van der Waals surface area (Å²) in [4.78, 5) is 29.5. The molecule has 2 amide bonds. The Morgan fingerprint density at radius 2 is 1.81 bits per heavy atom. The molecule has 1 aliphatic carbocycles. The predicted octanol–water partition coefficient (Wildman–Crippen LogP) is 4.82. The summed E-state index contributed by atoms with van der Waals surface area (Å²) < 4.78 is 0. The second kappa shape index (κ2) is 10.4. The van der Waals surface area contributed by atoms with E-state index in [1.165, 1.54) is 5.56 Å². The average Bonchev–Trinajstić information content (AvgIpc) is 3.26. The van der Waals surface area contributed by atoms with Gasteiger partial charge in [0.25, 0.3) is 0 Å². The van der Waals surface area contributed by atoms with Crippen LogP contribution in [0.15, 0.2) is 35.8 Å². The van der Waals surface area contributed by atoms with Crippen LogP contribution in [0.4, 0.5) is 0 Å². The highest BCUT2D eigenvalue weighted by molar-refractivity contribution is 7.09. The van der Waals surface area contributed by atoms with Crippen LogP contribution >= 0.6 is 11.3 Å². The van der Waals surface area contributed by atoms with Crippen molar-refractivity contribution in [2.24, 2.45) is 17.3 Å². The lowest BCUT2D eigenvalue weighted by Gasteiger charge is -2.34. The second-order valence-electron chi connectivity index (χ2n) is 9.82. The van der Waals surface area contributed by atoms with E-state index in [0.717, 1.165) is 42.8 Å². The molecular weight excluding hydrogens is 406 g/mol. The van der Waals surface area contributed by atoms with Crippen LogP contribution in [0.2, 0.25) is 0 Å². The minimum atomic E-state index is -0.422. The van der Waals surface area contributed by atoms with Crippen molar-refractivity contribution in [2.45, 2.75) is 65.8 Å². The molecule has 0 radical (unpaired) electrons. The van der Waals surface area contributed by atoms with Gasteiger partial charge in [0.15, 0.2) is 0 Å². The van der Waals surface area contributed by atoms with Gasteiger partial charge >= 0.3 is 0 Å². The first-order chi connectivity index (χ1) is 14.7. The highest BCUT2D eigenvalue weighted by Gasteiger charge is 2.33. The van der Waals surface area contributed by atoms with Crippen molar-refractivity contribution < 1.29 is 9.59 Å². The predicted molar refractivity (Wildman–Crippen MR) is 126 cm³/mol. The summed E-state index contributed by atoms with van der Waals surface area (Å²) in [6.45, 7) is 8.60. The molecule has 0 spiro atoms. The number of benzene rings is 1. The van der Waals surface area contributed by atoms with Crippen LogP contribution in [-0.2, 0) is 16.0 Å². The lowest BCUT2D eigenvalue weighted by molar-refractivity contribution is -0.130. The van der Waals surface area contributed by atoms with Crippen molar-refractivity contribution in [2.75, 3.05) is 6.54 Å². The van der Waals surface area contributed by atoms with Gasteiger partial charge in [0, 0.05) is 23.5 Å². The van der Waals surface area contributed by atoms with Crippen LogP contribution < -0.4 is 10.6 Å². The Hall–Kier alpha value is -2.21. The number of amides is 2. The molecule has 1 heterocycles. The summed E-state index contributed by atoms with van der Waals surface area (Å²) in [7, 11) is 0. The SMILES string of the molecule is Cc1ccc(CC(=O)NCC2CCC([C@@H](NC(=O)C(C)(C)C)c3nccs3)CC2)cc1. The first-order valence-electron chi connectivity index (χ1n) is 11.2. The minimum absolute atomic E-state index is 0.0243. The van der Waals surface area contributed by atoms with Gasteiger partial charge in [-0.2, -0.15) is 0 Å². The zero-order valence-electron chi connectivity index (χ0n) is 19.1. The lowest BCUT2D eigenvalue weighted by Crippen LogP contribution is -2.41. The summed E-state index contributed by atoms with van der Waals surface area (Å²) >= 11 is 1.61. The molecule has 2 N–H and O–H groups in total. The summed E-state index contributed by atoms with van der Waals surface area (Å²) in [6, 6.07) is 8.10. The van der Waals surface area contributed by atoms with Gasteiger partial charge in [-0.25, -0.2) is 4.98 Å². The summed E-state index contributed by atoms with van der Waals surface area (Å²) in [5.41, 5.74) is 1.83. The molecule has 1 fully saturated rings. The molecule has 3 rings (SSSR count). The fourth-order valence-corrected chi connectivity index (χ4v) is 4.85. The number of carbonyl (C=O) groups is 2. The third kappa shape index (κ3) is 6.89. The number of rotatable bonds is 7. The van der Waals surface area contributed by atoms with Gasteiger partial charge in [0.2, 0.25) is 11.8 Å². The van der Waals surface area contributed by atoms with E-state index < -0.39 is 5.41 Å². The van der Waals surface area contributed by atoms with Crippen LogP contribution in [0.1, 0.15) is 68.6 Å². The maximum Gasteiger partial charge on any atom is 0.225 e. The van der Waals surface area contributed by atoms with Crippen molar-refractivity contribution in [3.63, 3.8) is 0 Å². The summed E-state index contributed by atoms with van der Waals surface area (Å²) in [5, 5.41) is 9.35. The van der Waals surface area contributed by atoms with Crippen LogP contribution in [0.5, 0.6) is 0 Å². The normalized spacial score (nSPS) is 20.1. The third-order valence-electron chi connectivity index (χ3n) is 6.12. The van der Waals surface area contributed by atoms with E-state index in [4.69, 9.17) is 0 Å². The van der Waals surface area contributed by atoms with E-state index in [0.29, 0.717) is 18.3 Å². The number of aryl methyl sites for hydroxylation is 1. The number of nitrogens with zero attached hydrogens (tertiary/aromatic N) is 1. The van der Waals surface area contributed by atoms with Crippen LogP contribution in [0, 0.1) is 24.2 Å². The van der Waals surface area contributed by atoms with Gasteiger partial charge in [-0.05, 0) is 50.0 Å². The van der Waals surface area contributed by atoms with E-state index in [1.54, 1.807) is 11.3 Å². The molecule has 1 aliphatic rings. The molecule has 6 heteroatoms. The molecule has 1 aromatic carbocycles. The highest BCUT2D eigenvalue weighted by Crippen LogP contribution is 2.38. The van der Waals surface area contributed by atoms with Gasteiger partial charge in [0.05, 0.1) is 12.5 Å². The number of nitrogens with one attached hydrogen (secondary N) is 2. The molecule has 168 valence electrons. The Labute approximate surface area is 190 Å². The van der Waals surface area contributed by atoms with Gasteiger partial charge in [-0.1, -0.05) is 50.6 Å². The lowest BCUT2D eigenvalue weighted by atomic mass is 9.78. The van der Waals surface area contributed by atoms with Crippen LogP contribution in [-0.4, -0.2) is 23.3 Å². The number of hydrogen-bond donors (Lipinski definition) is 2. The average molecular weight is 442 g/mol. The van der Waals surface area contributed by atoms with Gasteiger partial charge in [-0.15, -0.1) is 11.3 Å². The number of aromatic nitrogens is 1. The zero-order valence-corrected chi connectivity index (χ0v) is 19.9. The third-order valence-corrected chi connectivity index (χ3v) is 6.98. The van der Waals surface area contributed by atoms with E-state index >= 15 is 0 Å². The zero-order chi connectivity index (χ0) is 22.4. The fraction of sp³-hybridized carbons (Fsp3) is 0.560. The van der Waals surface area contributed by atoms with E-state index in [9.17, 15) is 9.59 Å². The van der Waals surface area contributed by atoms with Crippen molar-refractivity contribution in [3.8, 4) is 0 Å². The van der Waals surface area contributed by atoms with Crippen LogP contribution in [0.3, 0.4) is 0 Å². The largest absolute Gasteiger partial charge is 0.356 e. The smallest absolute Gasteiger partial charge is 0.225 e. The molecule has 0 saturated heterocycles. The van der Waals surface area contributed by atoms with E-state index in [2.05, 4.69) is 15.6 Å². The molecule has 0 aliphatic heterocycles. The Balaban J connectivity index is 1.49. The fourth-order valence-electron chi connectivity index (χ4n) is 4.06. The minimum Gasteiger partial charge on any atom is -0.356 e. The summed E-state index contributed by atoms with van der Waals surface area (Å²) in [6.07, 6.45) is 6.43. The number of thiazole rings is 1. The van der Waals surface area contributed by atoms with Gasteiger partial charge in [0.1, 0.15) is 5.01 Å². The maximum absolute atomic E-state index is 12.6. The van der Waals surface area contributed by atoms with E-state index in [1.807, 2.05) is 63.5 Å². The quantitative estimate of drug-likeness (QED) is 0.647. The molecule has 2 aromatic rings. The number of hydrogen-bond acceptors (Lipinski definition) is 4.